The highest BCUT2D eigenvalue weighted by atomic mass is 35.5. The minimum Gasteiger partial charge on any atom is -0.329 e. The number of sulfonamides is 3. The van der Waals surface area contributed by atoms with Gasteiger partial charge in [0.25, 0.3) is 0 Å². The highest BCUT2D eigenvalue weighted by molar-refractivity contribution is 7.92. The number of ketones is 3. The van der Waals surface area contributed by atoms with E-state index in [1.54, 1.807) is 178 Å². The molecule has 84 heavy (non-hydrogen) atoms. The molecule has 3 heterocycles. The quantitative estimate of drug-likeness (QED) is 0.0723. The number of nitrogens with one attached hydrogen (secondary N) is 3. The van der Waals surface area contributed by atoms with Crippen LogP contribution in [-0.2, 0) is 61.1 Å². The summed E-state index contributed by atoms with van der Waals surface area (Å²) in [6.45, 7) is 4.32. The van der Waals surface area contributed by atoms with Gasteiger partial charge in [0.2, 0.25) is 30.1 Å². The fourth-order valence-corrected chi connectivity index (χ4v) is 12.5. The second-order valence-electron chi connectivity index (χ2n) is 19.7. The molecule has 0 saturated heterocycles. The molecule has 9 aromatic rings. The van der Waals surface area contributed by atoms with Crippen molar-refractivity contribution < 1.29 is 39.6 Å². The third-order valence-electron chi connectivity index (χ3n) is 14.0. The number of anilines is 3. The molecule has 0 aliphatic heterocycles. The number of Topliss-reactive ketones (excluding diaryl/α,β-unsaturated/α-hetero) is 3. The van der Waals surface area contributed by atoms with Crippen molar-refractivity contribution in [2.75, 3.05) is 32.9 Å². The number of fused-ring (bicyclic) bond motifs is 3. The molecule has 9 rings (SSSR count). The molecule has 0 aliphatic rings. The van der Waals surface area contributed by atoms with Gasteiger partial charge in [0.1, 0.15) is 16.6 Å². The fraction of sp³-hybridized carbons (Fsp3) is 0.200. The summed E-state index contributed by atoms with van der Waals surface area (Å²) in [6, 6.07) is 47.4. The Labute approximate surface area is 501 Å². The van der Waals surface area contributed by atoms with Crippen LogP contribution >= 0.6 is 34.8 Å². The van der Waals surface area contributed by atoms with Crippen LogP contribution in [0.3, 0.4) is 0 Å². The summed E-state index contributed by atoms with van der Waals surface area (Å²) in [7, 11) is -10.4. The number of nitriles is 3. The van der Waals surface area contributed by atoms with E-state index in [0.717, 1.165) is 18.8 Å². The molecule has 0 saturated carbocycles. The van der Waals surface area contributed by atoms with Gasteiger partial charge in [0.15, 0.2) is 17.3 Å². The summed E-state index contributed by atoms with van der Waals surface area (Å²) >= 11 is 18.0. The Kier molecular flexibility index (Phi) is 18.9. The van der Waals surface area contributed by atoms with E-state index in [1.807, 2.05) is 0 Å². The Morgan fingerprint density at radius 1 is 0.405 bits per heavy atom. The lowest BCUT2D eigenvalue weighted by Gasteiger charge is -2.32. The molecule has 3 N–H and O–H groups in total. The van der Waals surface area contributed by atoms with Crippen molar-refractivity contribution in [2.45, 2.75) is 56.7 Å². The van der Waals surface area contributed by atoms with Gasteiger partial charge in [-0.05, 0) is 128 Å². The van der Waals surface area contributed by atoms with E-state index >= 15 is 0 Å². The maximum Gasteiger partial charge on any atom is 0.229 e. The van der Waals surface area contributed by atoms with Crippen molar-refractivity contribution in [2.24, 2.45) is 0 Å². The first-order valence-corrected chi connectivity index (χ1v) is 32.0. The predicted octanol–water partition coefficient (Wildman–Crippen LogP) is 11.7. The Bertz CT molecular complexity index is 4040. The molecule has 0 aliphatic carbocycles. The molecule has 6 aromatic carbocycles. The van der Waals surface area contributed by atoms with Crippen LogP contribution < -0.4 is 14.2 Å². The fourth-order valence-electron chi connectivity index (χ4n) is 10.4. The van der Waals surface area contributed by atoms with Gasteiger partial charge in [-0.15, -0.1) is 0 Å². The van der Waals surface area contributed by atoms with Gasteiger partial charge in [-0.1, -0.05) is 89.4 Å². The van der Waals surface area contributed by atoms with Gasteiger partial charge in [-0.25, -0.2) is 25.3 Å². The van der Waals surface area contributed by atoms with Crippen molar-refractivity contribution in [1.82, 2.24) is 13.7 Å². The zero-order chi connectivity index (χ0) is 61.6. The first-order valence-electron chi connectivity index (χ1n) is 25.2. The maximum absolute atomic E-state index is 12.9. The van der Waals surface area contributed by atoms with Gasteiger partial charge < -0.3 is 13.7 Å². The van der Waals surface area contributed by atoms with E-state index in [9.17, 15) is 55.4 Å². The number of carbonyl (C=O) groups excluding carboxylic acids is 3. The van der Waals surface area contributed by atoms with E-state index in [-0.39, 0.29) is 36.6 Å². The van der Waals surface area contributed by atoms with Gasteiger partial charge in [0.05, 0.1) is 89.8 Å². The number of hydrogen-bond donors (Lipinski definition) is 3. The maximum atomic E-state index is 12.9. The van der Waals surface area contributed by atoms with Crippen LogP contribution in [0.4, 0.5) is 17.1 Å². The molecule has 0 bridgehead atoms. The Morgan fingerprint density at radius 3 is 0.821 bits per heavy atom. The van der Waals surface area contributed by atoms with Crippen molar-refractivity contribution >= 4 is 132 Å². The standard InChI is InChI=1S/3C20H18ClN3O3S/c3*1-14(25)20(11-12-22,15-6-8-16(21)9-7-15)24-13-10-17-18(23-28(2,26)27)4-3-5-19(17)24/h3*3-10,13,23H,11H2,1-2H3. The number of carbonyl (C=O) groups is 3. The average molecular weight is 1250 g/mol. The van der Waals surface area contributed by atoms with Gasteiger partial charge in [-0.2, -0.15) is 15.8 Å². The van der Waals surface area contributed by atoms with Crippen molar-refractivity contribution in [3.05, 3.63) is 196 Å². The number of benzene rings is 6. The Hall–Kier alpha value is -8.46. The first-order chi connectivity index (χ1) is 39.6. The van der Waals surface area contributed by atoms with E-state index in [0.29, 0.717) is 81.5 Å². The van der Waals surface area contributed by atoms with Crippen LogP contribution in [0.25, 0.3) is 32.7 Å². The van der Waals surface area contributed by atoms with Crippen LogP contribution in [0.15, 0.2) is 164 Å². The zero-order valence-corrected chi connectivity index (χ0v) is 50.6. The molecule has 3 aromatic heterocycles. The number of nitrogens with zero attached hydrogens (tertiary/aromatic N) is 6. The van der Waals surface area contributed by atoms with Crippen LogP contribution in [-0.4, -0.2) is 75.1 Å². The van der Waals surface area contributed by atoms with Crippen LogP contribution in [0, 0.1) is 34.0 Å². The Balaban J connectivity index is 0.000000181. The molecule has 3 unspecified atom stereocenters. The van der Waals surface area contributed by atoms with E-state index < -0.39 is 46.7 Å². The largest absolute Gasteiger partial charge is 0.329 e. The molecular weight excluding hydrogens is 1190 g/mol. The lowest BCUT2D eigenvalue weighted by molar-refractivity contribution is -0.124. The lowest BCUT2D eigenvalue weighted by atomic mass is 9.83. The molecule has 432 valence electrons. The predicted molar refractivity (Wildman–Crippen MR) is 330 cm³/mol. The molecule has 0 amide bonds. The molecule has 3 atom stereocenters. The van der Waals surface area contributed by atoms with Gasteiger partial charge >= 0.3 is 0 Å². The number of aromatic nitrogens is 3. The first kappa shape index (κ1) is 63.1. The molecule has 0 fully saturated rings. The second kappa shape index (κ2) is 25.2. The Morgan fingerprint density at radius 2 is 0.631 bits per heavy atom. The normalized spacial score (nSPS) is 13.6. The van der Waals surface area contributed by atoms with Crippen molar-refractivity contribution in [3.63, 3.8) is 0 Å². The third kappa shape index (κ3) is 13.2. The van der Waals surface area contributed by atoms with Crippen molar-refractivity contribution in [1.29, 1.82) is 15.8 Å². The van der Waals surface area contributed by atoms with E-state index in [2.05, 4.69) is 32.4 Å². The summed E-state index contributed by atoms with van der Waals surface area (Å²) in [5, 5.41) is 32.0. The van der Waals surface area contributed by atoms with Crippen molar-refractivity contribution in [3.8, 4) is 18.2 Å². The summed E-state index contributed by atoms with van der Waals surface area (Å²) in [6.07, 6.45) is 8.07. The summed E-state index contributed by atoms with van der Waals surface area (Å²) < 4.78 is 82.8. The van der Waals surface area contributed by atoms with Crippen LogP contribution in [0.1, 0.15) is 56.7 Å². The highest BCUT2D eigenvalue weighted by Gasteiger charge is 2.43. The molecule has 24 heteroatoms. The van der Waals surface area contributed by atoms with Crippen LogP contribution in [0.2, 0.25) is 15.1 Å². The number of hydrogen-bond acceptors (Lipinski definition) is 12. The topological polar surface area (TPSA) is 276 Å². The summed E-state index contributed by atoms with van der Waals surface area (Å²) in [5.41, 5.74) is 1.23. The smallest absolute Gasteiger partial charge is 0.229 e. The average Bonchev–Trinajstić information content (AvgIpc) is 4.21. The zero-order valence-electron chi connectivity index (χ0n) is 45.9. The van der Waals surface area contributed by atoms with Gasteiger partial charge in [-0.3, -0.25) is 28.5 Å². The van der Waals surface area contributed by atoms with Crippen LogP contribution in [0.5, 0.6) is 0 Å². The van der Waals surface area contributed by atoms with E-state index in [4.69, 9.17) is 34.8 Å². The molecule has 0 spiro atoms. The lowest BCUT2D eigenvalue weighted by Crippen LogP contribution is -2.41. The summed E-state index contributed by atoms with van der Waals surface area (Å²) in [5.74, 6) is -0.638. The second-order valence-corrected chi connectivity index (χ2v) is 26.2. The minimum absolute atomic E-state index is 0.0858. The number of rotatable bonds is 18. The van der Waals surface area contributed by atoms with Gasteiger partial charge in [0, 0.05) is 49.8 Å². The third-order valence-corrected chi connectivity index (χ3v) is 16.6. The monoisotopic (exact) mass is 1250 g/mol. The number of halogens is 3. The highest BCUT2D eigenvalue weighted by Crippen LogP contribution is 2.41. The minimum atomic E-state index is -3.47. The molecule has 0 radical (unpaired) electrons. The van der Waals surface area contributed by atoms with E-state index in [1.165, 1.54) is 20.8 Å². The summed E-state index contributed by atoms with van der Waals surface area (Å²) in [4.78, 5) is 38.6. The molecule has 18 nitrogen and oxygen atoms in total. The molecular formula is C60H54Cl3N9O9S3. The SMILES string of the molecule is CC(=O)C(CC#N)(c1ccc(Cl)cc1)n1ccc2c(NS(C)(=O)=O)cccc21.CC(=O)C(CC#N)(c1ccc(Cl)cc1)n1ccc2c(NS(C)(=O)=O)cccc21.CC(=O)C(CC#N)(c1ccc(Cl)cc1)n1ccc2c(NS(C)(=O)=O)cccc21.